The lowest BCUT2D eigenvalue weighted by atomic mass is 9.93. The van der Waals surface area contributed by atoms with Gasteiger partial charge in [0.25, 0.3) is 0 Å². The first-order valence-corrected chi connectivity index (χ1v) is 19.6. The number of rotatable bonds is 17. The summed E-state index contributed by atoms with van der Waals surface area (Å²) >= 11 is 0. The molecule has 4 aliphatic rings. The predicted octanol–water partition coefficient (Wildman–Crippen LogP) is 12.0. The summed E-state index contributed by atoms with van der Waals surface area (Å²) in [7, 11) is 0. The van der Waals surface area contributed by atoms with Gasteiger partial charge in [-0.1, -0.05) is 125 Å². The van der Waals surface area contributed by atoms with Crippen LogP contribution in [-0.2, 0) is 25.7 Å². The van der Waals surface area contributed by atoms with Crippen LogP contribution in [0.1, 0.15) is 114 Å². The summed E-state index contributed by atoms with van der Waals surface area (Å²) in [6.45, 7) is 3.01. The second-order valence-corrected chi connectivity index (χ2v) is 14.2. The summed E-state index contributed by atoms with van der Waals surface area (Å²) < 4.78 is 17.4. The Bertz CT molecular complexity index is 1890. The fourth-order valence-corrected chi connectivity index (χ4v) is 6.85. The number of hydrogen-bond acceptors (Lipinski definition) is 5. The van der Waals surface area contributed by atoms with E-state index in [1.54, 1.807) is 36.4 Å². The highest BCUT2D eigenvalue weighted by molar-refractivity contribution is 5.94. The first kappa shape index (κ1) is 37.6. The minimum Gasteiger partial charge on any atom is -0.494 e. The van der Waals surface area contributed by atoms with Gasteiger partial charge < -0.3 is 14.2 Å². The Morgan fingerprint density at radius 1 is 0.472 bits per heavy atom. The zero-order valence-electron chi connectivity index (χ0n) is 31.1. The van der Waals surface area contributed by atoms with Crippen LogP contribution < -0.4 is 14.2 Å². The summed E-state index contributed by atoms with van der Waals surface area (Å²) in [5.74, 6) is 0.831. The van der Waals surface area contributed by atoms with Gasteiger partial charge in [-0.05, 0) is 120 Å². The molecular weight excluding hydrogens is 657 g/mol. The van der Waals surface area contributed by atoms with Gasteiger partial charge >= 0.3 is 11.9 Å². The molecule has 4 bridgehead atoms. The average molecular weight is 709 g/mol. The van der Waals surface area contributed by atoms with Gasteiger partial charge in [0.2, 0.25) is 0 Å². The maximum absolute atomic E-state index is 13.4. The molecule has 0 spiro atoms. The highest BCUT2D eigenvalue weighted by atomic mass is 16.5. The van der Waals surface area contributed by atoms with Crippen molar-refractivity contribution < 1.29 is 23.8 Å². The number of unbranched alkanes of at least 4 members (excludes halogenated alkanes) is 9. The van der Waals surface area contributed by atoms with Crippen LogP contribution in [0, 0.1) is 0 Å². The van der Waals surface area contributed by atoms with E-state index in [4.69, 9.17) is 14.2 Å². The second kappa shape index (κ2) is 19.6. The summed E-state index contributed by atoms with van der Waals surface area (Å²) in [5, 5.41) is 0. The standard InChI is InChI=1S/C48H52O5/c1-2-3-4-5-6-7-8-9-10-11-34-51-43-28-22-39(23-29-43)40-24-30-44(31-25-40)52-47(49)42-26-32-45(33-27-42)53-48(50)46-35-38-17-16-36-12-14-37(15-13-36)18-20-41(46)21-19-38/h12-15,19,21-33,35H,2-11,16-18,20,34H2,1H3. The zero-order valence-corrected chi connectivity index (χ0v) is 31.1. The zero-order chi connectivity index (χ0) is 36.7. The van der Waals surface area contributed by atoms with Crippen molar-refractivity contribution in [1.29, 1.82) is 0 Å². The van der Waals surface area contributed by atoms with Gasteiger partial charge in [0.05, 0.1) is 17.7 Å². The van der Waals surface area contributed by atoms with Gasteiger partial charge in [0, 0.05) is 0 Å². The van der Waals surface area contributed by atoms with Crippen molar-refractivity contribution in [3.63, 3.8) is 0 Å². The van der Waals surface area contributed by atoms with E-state index in [1.165, 1.54) is 68.9 Å². The summed E-state index contributed by atoms with van der Waals surface area (Å²) in [4.78, 5) is 26.3. The molecule has 0 amide bonds. The first-order valence-electron chi connectivity index (χ1n) is 19.6. The second-order valence-electron chi connectivity index (χ2n) is 14.2. The lowest BCUT2D eigenvalue weighted by molar-refractivity contribution is 0.0729. The molecule has 9 rings (SSSR count). The first-order chi connectivity index (χ1) is 26.0. The molecule has 0 saturated heterocycles. The molecule has 0 heterocycles. The van der Waals surface area contributed by atoms with E-state index >= 15 is 0 Å². The highest BCUT2D eigenvalue weighted by Crippen LogP contribution is 2.26. The summed E-state index contributed by atoms with van der Waals surface area (Å²) in [6.07, 6.45) is 16.5. The van der Waals surface area contributed by atoms with E-state index in [1.807, 2.05) is 30.3 Å². The number of aryl methyl sites for hydroxylation is 4. The molecule has 0 radical (unpaired) electrons. The monoisotopic (exact) mass is 708 g/mol. The van der Waals surface area contributed by atoms with Crippen molar-refractivity contribution in [3.05, 3.63) is 149 Å². The molecule has 53 heavy (non-hydrogen) atoms. The van der Waals surface area contributed by atoms with E-state index in [2.05, 4.69) is 55.5 Å². The molecule has 0 aromatic heterocycles. The highest BCUT2D eigenvalue weighted by Gasteiger charge is 2.17. The Hall–Kier alpha value is -5.16. The van der Waals surface area contributed by atoms with E-state index in [0.717, 1.165) is 66.7 Å². The molecule has 5 nitrogen and oxygen atoms in total. The smallest absolute Gasteiger partial charge is 0.343 e. The average Bonchev–Trinajstić information content (AvgIpc) is 3.19. The SMILES string of the molecule is CCCCCCCCCCCCOc1ccc(-c2ccc(OC(=O)c3ccc(OC(=O)c4cc5ccc4CCc4ccc(cc4)CC5)cc3)cc2)cc1. The Morgan fingerprint density at radius 2 is 0.943 bits per heavy atom. The van der Waals surface area contributed by atoms with Crippen LogP contribution in [0.25, 0.3) is 11.1 Å². The van der Waals surface area contributed by atoms with Gasteiger partial charge in [-0.2, -0.15) is 0 Å². The maximum Gasteiger partial charge on any atom is 0.343 e. The third-order valence-corrected chi connectivity index (χ3v) is 10.1. The normalized spacial score (nSPS) is 12.2. The van der Waals surface area contributed by atoms with Crippen molar-refractivity contribution >= 4 is 11.9 Å². The summed E-state index contributed by atoms with van der Waals surface area (Å²) in [6, 6.07) is 37.0. The fourth-order valence-electron chi connectivity index (χ4n) is 6.85. The molecule has 5 aromatic carbocycles. The molecule has 0 atom stereocenters. The third kappa shape index (κ3) is 11.4. The lowest BCUT2D eigenvalue weighted by Crippen LogP contribution is -2.13. The molecule has 0 aliphatic heterocycles. The Kier molecular flexibility index (Phi) is 13.9. The molecule has 0 saturated carbocycles. The van der Waals surface area contributed by atoms with Crippen LogP contribution in [0.15, 0.2) is 115 Å². The number of carbonyl (C=O) groups is 2. The fraction of sp³-hybridized carbons (Fsp3) is 0.333. The van der Waals surface area contributed by atoms with Crippen molar-refractivity contribution in [3.8, 4) is 28.4 Å². The Labute approximate surface area is 315 Å². The number of carbonyl (C=O) groups excluding carboxylic acids is 2. The molecule has 0 N–H and O–H groups in total. The largest absolute Gasteiger partial charge is 0.494 e. The van der Waals surface area contributed by atoms with Crippen molar-refractivity contribution in [2.75, 3.05) is 6.61 Å². The number of benzene rings is 5. The summed E-state index contributed by atoms with van der Waals surface area (Å²) in [5.41, 5.74) is 7.66. The van der Waals surface area contributed by atoms with Crippen LogP contribution in [0.4, 0.5) is 0 Å². The Balaban J connectivity index is 0.943. The van der Waals surface area contributed by atoms with Gasteiger partial charge in [0.1, 0.15) is 17.2 Å². The van der Waals surface area contributed by atoms with E-state index in [0.29, 0.717) is 22.6 Å². The third-order valence-electron chi connectivity index (χ3n) is 10.1. The number of ether oxygens (including phenoxy) is 3. The molecule has 5 aromatic rings. The Morgan fingerprint density at radius 3 is 1.55 bits per heavy atom. The van der Waals surface area contributed by atoms with E-state index < -0.39 is 11.9 Å². The van der Waals surface area contributed by atoms with Crippen molar-refractivity contribution in [2.24, 2.45) is 0 Å². The van der Waals surface area contributed by atoms with Gasteiger partial charge in [-0.3, -0.25) is 0 Å². The maximum atomic E-state index is 13.4. The number of esters is 2. The molecule has 4 aliphatic carbocycles. The van der Waals surface area contributed by atoms with Gasteiger partial charge in [-0.25, -0.2) is 9.59 Å². The van der Waals surface area contributed by atoms with Gasteiger partial charge in [0.15, 0.2) is 0 Å². The molecular formula is C48H52O5. The van der Waals surface area contributed by atoms with Crippen molar-refractivity contribution in [2.45, 2.75) is 96.8 Å². The quantitative estimate of drug-likeness (QED) is 0.0547. The minimum absolute atomic E-state index is 0.366. The van der Waals surface area contributed by atoms with Crippen LogP contribution in [0.5, 0.6) is 17.2 Å². The van der Waals surface area contributed by atoms with Crippen LogP contribution in [-0.4, -0.2) is 18.5 Å². The molecule has 5 heteroatoms. The molecule has 0 fully saturated rings. The number of hydrogen-bond donors (Lipinski definition) is 0. The van der Waals surface area contributed by atoms with Crippen molar-refractivity contribution in [1.82, 2.24) is 0 Å². The van der Waals surface area contributed by atoms with Crippen LogP contribution >= 0.6 is 0 Å². The van der Waals surface area contributed by atoms with E-state index in [-0.39, 0.29) is 0 Å². The van der Waals surface area contributed by atoms with E-state index in [9.17, 15) is 9.59 Å². The topological polar surface area (TPSA) is 61.8 Å². The predicted molar refractivity (Wildman–Crippen MR) is 213 cm³/mol. The molecule has 274 valence electrons. The molecule has 0 unspecified atom stereocenters. The lowest BCUT2D eigenvalue weighted by Gasteiger charge is -2.14. The van der Waals surface area contributed by atoms with Crippen LogP contribution in [0.2, 0.25) is 0 Å². The minimum atomic E-state index is -0.483. The van der Waals surface area contributed by atoms with Gasteiger partial charge in [-0.15, -0.1) is 0 Å². The van der Waals surface area contributed by atoms with Crippen LogP contribution in [0.3, 0.4) is 0 Å².